The summed E-state index contributed by atoms with van der Waals surface area (Å²) in [7, 11) is 0. The van der Waals surface area contributed by atoms with Crippen LogP contribution in [0.3, 0.4) is 0 Å². The Morgan fingerprint density at radius 3 is 2.15 bits per heavy atom. The predicted molar refractivity (Wildman–Crippen MR) is 124 cm³/mol. The largest absolute Gasteiger partial charge is 0.508 e. The van der Waals surface area contributed by atoms with E-state index in [0.717, 1.165) is 22.5 Å². The van der Waals surface area contributed by atoms with Gasteiger partial charge >= 0.3 is 0 Å². The summed E-state index contributed by atoms with van der Waals surface area (Å²) >= 11 is 0. The maximum absolute atomic E-state index is 12.8. The first kappa shape index (κ1) is 20.7. The number of carbonyl (C=O) groups is 2. The maximum Gasteiger partial charge on any atom is 0.261 e. The van der Waals surface area contributed by atoms with Gasteiger partial charge in [-0.1, -0.05) is 54.6 Å². The lowest BCUT2D eigenvalue weighted by atomic mass is 10.1. The number of imidazole rings is 1. The highest BCUT2D eigenvalue weighted by atomic mass is 16.3. The number of nitrogens with zero attached hydrogens (tertiary/aromatic N) is 3. The lowest BCUT2D eigenvalue weighted by molar-refractivity contribution is 0.0655. The van der Waals surface area contributed by atoms with Gasteiger partial charge in [-0.15, -0.1) is 0 Å². The van der Waals surface area contributed by atoms with Crippen molar-refractivity contribution in [3.63, 3.8) is 0 Å². The average molecular weight is 437 g/mol. The first-order valence-electron chi connectivity index (χ1n) is 10.9. The molecule has 0 spiro atoms. The van der Waals surface area contributed by atoms with Crippen molar-refractivity contribution in [3.05, 3.63) is 119 Å². The van der Waals surface area contributed by atoms with Gasteiger partial charge in [-0.2, -0.15) is 0 Å². The van der Waals surface area contributed by atoms with Crippen LogP contribution in [0, 0.1) is 0 Å². The van der Waals surface area contributed by atoms with Gasteiger partial charge in [0, 0.05) is 31.6 Å². The summed E-state index contributed by atoms with van der Waals surface area (Å²) in [4.78, 5) is 31.6. The number of aromatic hydroxyl groups is 1. The second-order valence-electron chi connectivity index (χ2n) is 8.16. The van der Waals surface area contributed by atoms with Crippen LogP contribution in [0.25, 0.3) is 0 Å². The van der Waals surface area contributed by atoms with Crippen molar-refractivity contribution in [2.24, 2.45) is 0 Å². The van der Waals surface area contributed by atoms with E-state index in [1.807, 2.05) is 34.9 Å². The maximum atomic E-state index is 12.8. The fourth-order valence-electron chi connectivity index (χ4n) is 4.32. The molecule has 0 radical (unpaired) electrons. The Hall–Kier alpha value is -4.19. The van der Waals surface area contributed by atoms with E-state index in [9.17, 15) is 14.7 Å². The molecule has 1 aromatic heterocycles. The summed E-state index contributed by atoms with van der Waals surface area (Å²) in [6.45, 7) is 0.813. The molecule has 164 valence electrons. The van der Waals surface area contributed by atoms with E-state index in [-0.39, 0.29) is 24.1 Å². The molecule has 0 aliphatic carbocycles. The Morgan fingerprint density at radius 1 is 0.788 bits per heavy atom. The number of rotatable bonds is 7. The van der Waals surface area contributed by atoms with E-state index in [0.29, 0.717) is 30.5 Å². The minimum atomic E-state index is -0.251. The van der Waals surface area contributed by atoms with E-state index in [1.54, 1.807) is 42.7 Å². The fraction of sp³-hybridized carbons (Fsp3) is 0.148. The smallest absolute Gasteiger partial charge is 0.261 e. The van der Waals surface area contributed by atoms with Gasteiger partial charge in [0.05, 0.1) is 23.1 Å². The Labute approximate surface area is 191 Å². The molecule has 4 aromatic rings. The molecule has 0 atom stereocenters. The van der Waals surface area contributed by atoms with Crippen molar-refractivity contribution in [1.29, 1.82) is 0 Å². The molecular formula is C27H23N3O3. The van der Waals surface area contributed by atoms with Gasteiger partial charge in [-0.05, 0) is 35.4 Å². The summed E-state index contributed by atoms with van der Waals surface area (Å²) in [5, 5.41) is 9.84. The molecule has 1 aliphatic heterocycles. The van der Waals surface area contributed by atoms with Gasteiger partial charge in [0.15, 0.2) is 0 Å². The van der Waals surface area contributed by atoms with Crippen molar-refractivity contribution in [3.8, 4) is 5.75 Å². The van der Waals surface area contributed by atoms with Crippen LogP contribution < -0.4 is 0 Å². The molecule has 2 heterocycles. The minimum Gasteiger partial charge on any atom is -0.508 e. The van der Waals surface area contributed by atoms with Gasteiger partial charge in [-0.3, -0.25) is 14.5 Å². The number of hydrogen-bond acceptors (Lipinski definition) is 4. The molecule has 2 amide bonds. The highest BCUT2D eigenvalue weighted by molar-refractivity contribution is 6.21. The summed E-state index contributed by atoms with van der Waals surface area (Å²) in [5.74, 6) is -0.289. The van der Waals surface area contributed by atoms with Crippen LogP contribution in [0.15, 0.2) is 85.2 Å². The number of hydrogen-bond donors (Lipinski definition) is 1. The monoisotopic (exact) mass is 437 g/mol. The number of carbonyl (C=O) groups excluding carboxylic acids is 2. The lowest BCUT2D eigenvalue weighted by Gasteiger charge is -2.16. The van der Waals surface area contributed by atoms with Crippen molar-refractivity contribution < 1.29 is 14.7 Å². The number of amides is 2. The van der Waals surface area contributed by atoms with Gasteiger partial charge in [0.2, 0.25) is 0 Å². The van der Waals surface area contributed by atoms with Crippen LogP contribution >= 0.6 is 0 Å². The van der Waals surface area contributed by atoms with E-state index in [2.05, 4.69) is 17.1 Å². The molecule has 0 saturated heterocycles. The SMILES string of the molecule is O=C1c2ccccc2C(=O)N1CCc1c(Cc2ccccc2)ncn1Cc1cccc(O)c1. The summed E-state index contributed by atoms with van der Waals surface area (Å²) in [6.07, 6.45) is 2.94. The predicted octanol–water partition coefficient (Wildman–Crippen LogP) is 4.07. The molecule has 1 N–H and O–H groups in total. The minimum absolute atomic E-state index is 0.213. The number of phenols is 1. The third-order valence-electron chi connectivity index (χ3n) is 5.96. The highest BCUT2D eigenvalue weighted by Crippen LogP contribution is 2.24. The van der Waals surface area contributed by atoms with Crippen molar-refractivity contribution in [2.75, 3.05) is 6.54 Å². The van der Waals surface area contributed by atoms with Crippen molar-refractivity contribution in [2.45, 2.75) is 19.4 Å². The number of benzene rings is 3. The molecule has 0 fully saturated rings. The van der Waals surface area contributed by atoms with Crippen LogP contribution in [0.5, 0.6) is 5.75 Å². The Balaban J connectivity index is 1.42. The molecule has 6 nitrogen and oxygen atoms in total. The van der Waals surface area contributed by atoms with Gasteiger partial charge in [0.25, 0.3) is 11.8 Å². The summed E-state index contributed by atoms with van der Waals surface area (Å²) in [5.41, 5.74) is 4.89. The van der Waals surface area contributed by atoms with E-state index < -0.39 is 0 Å². The summed E-state index contributed by atoms with van der Waals surface area (Å²) < 4.78 is 2.03. The molecule has 33 heavy (non-hydrogen) atoms. The van der Waals surface area contributed by atoms with E-state index in [1.165, 1.54) is 4.90 Å². The summed E-state index contributed by atoms with van der Waals surface area (Å²) in [6, 6.07) is 24.2. The Bertz CT molecular complexity index is 1290. The van der Waals surface area contributed by atoms with Gasteiger partial charge < -0.3 is 9.67 Å². The first-order chi connectivity index (χ1) is 16.1. The van der Waals surface area contributed by atoms with Crippen molar-refractivity contribution >= 4 is 11.8 Å². The molecule has 5 rings (SSSR count). The molecule has 0 bridgehead atoms. The standard InChI is InChI=1S/C27H23N3O3/c31-21-10-6-9-20(15-21)17-29-18-28-24(16-19-7-2-1-3-8-19)25(29)13-14-30-26(32)22-11-4-5-12-23(22)27(30)33/h1-12,15,18,31H,13-14,16-17H2. The zero-order chi connectivity index (χ0) is 22.8. The molecule has 0 unspecified atom stereocenters. The number of imide groups is 1. The second kappa shape index (κ2) is 8.74. The quantitative estimate of drug-likeness (QED) is 0.443. The van der Waals surface area contributed by atoms with E-state index in [4.69, 9.17) is 0 Å². The molecule has 6 heteroatoms. The van der Waals surface area contributed by atoms with Crippen LogP contribution in [0.2, 0.25) is 0 Å². The number of aromatic nitrogens is 2. The first-order valence-corrected chi connectivity index (χ1v) is 10.9. The third-order valence-corrected chi connectivity index (χ3v) is 5.96. The van der Waals surface area contributed by atoms with Crippen LogP contribution in [-0.4, -0.2) is 37.9 Å². The lowest BCUT2D eigenvalue weighted by Crippen LogP contribution is -2.32. The number of phenolic OH excluding ortho intramolecular Hbond substituents is 1. The normalized spacial score (nSPS) is 12.9. The fourth-order valence-corrected chi connectivity index (χ4v) is 4.32. The highest BCUT2D eigenvalue weighted by Gasteiger charge is 2.35. The zero-order valence-electron chi connectivity index (χ0n) is 18.0. The van der Waals surface area contributed by atoms with Crippen molar-refractivity contribution in [1.82, 2.24) is 14.5 Å². The topological polar surface area (TPSA) is 75.4 Å². The molecule has 3 aromatic carbocycles. The molecule has 0 saturated carbocycles. The Kier molecular flexibility index (Phi) is 5.48. The average Bonchev–Trinajstić information content (AvgIpc) is 3.31. The number of fused-ring (bicyclic) bond motifs is 1. The second-order valence-corrected chi connectivity index (χ2v) is 8.16. The van der Waals surface area contributed by atoms with Crippen LogP contribution in [0.1, 0.15) is 43.2 Å². The molecular weight excluding hydrogens is 414 g/mol. The van der Waals surface area contributed by atoms with Crippen LogP contribution in [-0.2, 0) is 19.4 Å². The molecule has 1 aliphatic rings. The third kappa shape index (κ3) is 4.15. The zero-order valence-corrected chi connectivity index (χ0v) is 18.0. The van der Waals surface area contributed by atoms with Gasteiger partial charge in [0.1, 0.15) is 5.75 Å². The Morgan fingerprint density at radius 2 is 1.45 bits per heavy atom. The van der Waals surface area contributed by atoms with Gasteiger partial charge in [-0.25, -0.2) is 4.98 Å². The van der Waals surface area contributed by atoms with Crippen LogP contribution in [0.4, 0.5) is 0 Å². The van der Waals surface area contributed by atoms with E-state index >= 15 is 0 Å².